The molecule has 0 bridgehead atoms. The Hall–Kier alpha value is -1.15. The smallest absolute Gasteiger partial charge is 0.185 e. The Morgan fingerprint density at radius 3 is 3.09 bits per heavy atom. The van der Waals surface area contributed by atoms with E-state index in [0.29, 0.717) is 12.0 Å². The van der Waals surface area contributed by atoms with Gasteiger partial charge in [-0.15, -0.1) is 0 Å². The second-order valence-corrected chi connectivity index (χ2v) is 2.40. The highest BCUT2D eigenvalue weighted by atomic mass is 16.3. The normalized spacial score (nSPS) is 22.6. The molecule has 1 aliphatic rings. The Morgan fingerprint density at radius 1 is 1.82 bits per heavy atom. The molecular weight excluding hydrogens is 140 g/mol. The van der Waals surface area contributed by atoms with Crippen LogP contribution < -0.4 is 0 Å². The molecule has 11 heavy (non-hydrogen) atoms. The molecule has 0 heterocycles. The lowest BCUT2D eigenvalue weighted by Crippen LogP contribution is -2.08. The van der Waals surface area contributed by atoms with Crippen LogP contribution in [0, 0.1) is 0 Å². The lowest BCUT2D eigenvalue weighted by atomic mass is 10.0. The first-order chi connectivity index (χ1) is 5.24. The third kappa shape index (κ3) is 1.88. The number of aliphatic hydroxyl groups is 1. The minimum absolute atomic E-state index is 0.139. The average Bonchev–Trinajstić information content (AvgIpc) is 2.03. The summed E-state index contributed by atoms with van der Waals surface area (Å²) in [4.78, 5) is 11.0. The first-order valence-electron chi connectivity index (χ1n) is 3.47. The van der Waals surface area contributed by atoms with Gasteiger partial charge in [0.1, 0.15) is 0 Å². The van der Waals surface area contributed by atoms with E-state index in [1.54, 1.807) is 18.2 Å². The van der Waals surface area contributed by atoms with Crippen molar-refractivity contribution in [2.75, 3.05) is 0 Å². The molecule has 1 aliphatic carbocycles. The first-order valence-corrected chi connectivity index (χ1v) is 3.47. The lowest BCUT2D eigenvalue weighted by molar-refractivity contribution is -0.111. The van der Waals surface area contributed by atoms with Gasteiger partial charge in [-0.2, -0.15) is 0 Å². The minimum atomic E-state index is -0.515. The third-order valence-electron chi connectivity index (χ3n) is 1.52. The standard InChI is InChI=1S/C9H10O2/c1-2-9(11)7-4-3-5-8(10)6-7/h2-4,6,8,10H,1,5H2. The highest BCUT2D eigenvalue weighted by Gasteiger charge is 2.08. The molecule has 0 aliphatic heterocycles. The molecule has 0 amide bonds. The van der Waals surface area contributed by atoms with Crippen LogP contribution >= 0.6 is 0 Å². The SMILES string of the molecule is C=CC(=O)C1=CC(O)CC=C1. The maximum absolute atomic E-state index is 11.0. The molecule has 1 N–H and O–H groups in total. The maximum atomic E-state index is 11.0. The van der Waals surface area contributed by atoms with Gasteiger partial charge in [-0.3, -0.25) is 4.79 Å². The highest BCUT2D eigenvalue weighted by molar-refractivity contribution is 6.05. The summed E-state index contributed by atoms with van der Waals surface area (Å²) in [6.45, 7) is 3.35. The second kappa shape index (κ2) is 3.30. The molecular formula is C9H10O2. The van der Waals surface area contributed by atoms with Gasteiger partial charge in [-0.05, 0) is 18.6 Å². The average molecular weight is 150 g/mol. The molecule has 58 valence electrons. The Morgan fingerprint density at radius 2 is 2.55 bits per heavy atom. The summed E-state index contributed by atoms with van der Waals surface area (Å²) in [5.41, 5.74) is 0.527. The van der Waals surface area contributed by atoms with Crippen LogP contribution in [-0.2, 0) is 4.79 Å². The molecule has 0 aromatic rings. The van der Waals surface area contributed by atoms with Crippen molar-refractivity contribution >= 4 is 5.78 Å². The molecule has 0 saturated heterocycles. The molecule has 0 aromatic carbocycles. The fourth-order valence-corrected chi connectivity index (χ4v) is 0.947. The van der Waals surface area contributed by atoms with Crippen LogP contribution in [0.2, 0.25) is 0 Å². The fraction of sp³-hybridized carbons (Fsp3) is 0.222. The van der Waals surface area contributed by atoms with Gasteiger partial charge in [0.2, 0.25) is 0 Å². The van der Waals surface area contributed by atoms with Gasteiger partial charge < -0.3 is 5.11 Å². The first kappa shape index (κ1) is 7.95. The quantitative estimate of drug-likeness (QED) is 0.596. The van der Waals surface area contributed by atoms with Crippen LogP contribution in [0.4, 0.5) is 0 Å². The van der Waals surface area contributed by atoms with E-state index in [-0.39, 0.29) is 5.78 Å². The summed E-state index contributed by atoms with van der Waals surface area (Å²) in [5.74, 6) is -0.139. The van der Waals surface area contributed by atoms with Crippen LogP contribution in [0.5, 0.6) is 0 Å². The van der Waals surface area contributed by atoms with E-state index >= 15 is 0 Å². The van der Waals surface area contributed by atoms with Crippen molar-refractivity contribution in [2.24, 2.45) is 0 Å². The largest absolute Gasteiger partial charge is 0.389 e. The van der Waals surface area contributed by atoms with E-state index in [4.69, 9.17) is 5.11 Å². The zero-order valence-corrected chi connectivity index (χ0v) is 6.16. The molecule has 1 atom stereocenters. The Balaban J connectivity index is 2.79. The minimum Gasteiger partial charge on any atom is -0.389 e. The third-order valence-corrected chi connectivity index (χ3v) is 1.52. The maximum Gasteiger partial charge on any atom is 0.185 e. The van der Waals surface area contributed by atoms with Crippen molar-refractivity contribution < 1.29 is 9.90 Å². The van der Waals surface area contributed by atoms with Crippen molar-refractivity contribution in [3.63, 3.8) is 0 Å². The molecule has 0 fully saturated rings. The molecule has 2 heteroatoms. The highest BCUT2D eigenvalue weighted by Crippen LogP contribution is 2.11. The van der Waals surface area contributed by atoms with E-state index in [9.17, 15) is 4.79 Å². The van der Waals surface area contributed by atoms with Crippen molar-refractivity contribution in [2.45, 2.75) is 12.5 Å². The van der Waals surface area contributed by atoms with E-state index in [1.165, 1.54) is 6.08 Å². The molecule has 0 spiro atoms. The number of allylic oxidation sites excluding steroid dienone is 3. The number of hydrogen-bond donors (Lipinski definition) is 1. The van der Waals surface area contributed by atoms with Crippen molar-refractivity contribution in [3.8, 4) is 0 Å². The van der Waals surface area contributed by atoms with Gasteiger partial charge >= 0.3 is 0 Å². The summed E-state index contributed by atoms with van der Waals surface area (Å²) < 4.78 is 0. The lowest BCUT2D eigenvalue weighted by Gasteiger charge is -2.08. The number of carbonyl (C=O) groups is 1. The zero-order chi connectivity index (χ0) is 8.27. The Labute approximate surface area is 65.5 Å². The molecule has 0 saturated carbocycles. The van der Waals surface area contributed by atoms with Crippen molar-refractivity contribution in [1.29, 1.82) is 0 Å². The molecule has 1 unspecified atom stereocenters. The molecule has 2 nitrogen and oxygen atoms in total. The van der Waals surface area contributed by atoms with Crippen molar-refractivity contribution in [1.82, 2.24) is 0 Å². The number of hydrogen-bond acceptors (Lipinski definition) is 2. The molecule has 1 rings (SSSR count). The summed E-state index contributed by atoms with van der Waals surface area (Å²) in [6, 6.07) is 0. The molecule has 0 aromatic heterocycles. The number of carbonyl (C=O) groups excluding carboxylic acids is 1. The van der Waals surface area contributed by atoms with Gasteiger partial charge in [0.25, 0.3) is 0 Å². The van der Waals surface area contributed by atoms with E-state index in [2.05, 4.69) is 6.58 Å². The number of rotatable bonds is 2. The topological polar surface area (TPSA) is 37.3 Å². The van der Waals surface area contributed by atoms with Crippen LogP contribution in [0.25, 0.3) is 0 Å². The predicted octanol–water partition coefficient (Wildman–Crippen LogP) is 0.989. The van der Waals surface area contributed by atoms with Crippen LogP contribution in [0.3, 0.4) is 0 Å². The fourth-order valence-electron chi connectivity index (χ4n) is 0.947. The summed E-state index contributed by atoms with van der Waals surface area (Å²) in [5, 5.41) is 9.11. The van der Waals surface area contributed by atoms with E-state index < -0.39 is 6.10 Å². The van der Waals surface area contributed by atoms with Crippen molar-refractivity contribution in [3.05, 3.63) is 36.5 Å². The number of ketones is 1. The summed E-state index contributed by atoms with van der Waals surface area (Å²) in [7, 11) is 0. The Kier molecular flexibility index (Phi) is 2.39. The Bertz CT molecular complexity index is 236. The predicted molar refractivity (Wildman–Crippen MR) is 43.1 cm³/mol. The van der Waals surface area contributed by atoms with Crippen LogP contribution in [0.15, 0.2) is 36.5 Å². The monoisotopic (exact) mass is 150 g/mol. The van der Waals surface area contributed by atoms with E-state index in [0.717, 1.165) is 0 Å². The van der Waals surface area contributed by atoms with Gasteiger partial charge in [0.15, 0.2) is 5.78 Å². The summed E-state index contributed by atoms with van der Waals surface area (Å²) in [6.07, 6.45) is 6.35. The number of aliphatic hydroxyl groups excluding tert-OH is 1. The molecule has 0 radical (unpaired) electrons. The second-order valence-electron chi connectivity index (χ2n) is 2.40. The van der Waals surface area contributed by atoms with Gasteiger partial charge in [0, 0.05) is 5.57 Å². The van der Waals surface area contributed by atoms with Gasteiger partial charge in [0.05, 0.1) is 6.10 Å². The summed E-state index contributed by atoms with van der Waals surface area (Å²) >= 11 is 0. The van der Waals surface area contributed by atoms with Gasteiger partial charge in [-0.25, -0.2) is 0 Å². The van der Waals surface area contributed by atoms with Crippen LogP contribution in [-0.4, -0.2) is 17.0 Å². The van der Waals surface area contributed by atoms with Crippen LogP contribution in [0.1, 0.15) is 6.42 Å². The van der Waals surface area contributed by atoms with Gasteiger partial charge in [-0.1, -0.05) is 18.7 Å². The van der Waals surface area contributed by atoms with E-state index in [1.807, 2.05) is 0 Å². The zero-order valence-electron chi connectivity index (χ0n) is 6.16.